The molecule has 0 atom stereocenters. The SMILES string of the molecule is C#CCCCNC(=O)c1cc(O)ccc1[N+](=O)[O-]. The Morgan fingerprint density at radius 1 is 1.56 bits per heavy atom. The summed E-state index contributed by atoms with van der Waals surface area (Å²) in [5.41, 5.74) is -0.511. The van der Waals surface area contributed by atoms with E-state index in [1.165, 1.54) is 0 Å². The lowest BCUT2D eigenvalue weighted by atomic mass is 10.1. The molecule has 0 bridgehead atoms. The van der Waals surface area contributed by atoms with Crippen LogP contribution in [0.2, 0.25) is 0 Å². The number of terminal acetylenes is 1. The third-order valence-electron chi connectivity index (χ3n) is 2.20. The van der Waals surface area contributed by atoms with Gasteiger partial charge in [-0.1, -0.05) is 0 Å². The smallest absolute Gasteiger partial charge is 0.282 e. The van der Waals surface area contributed by atoms with Gasteiger partial charge in [0.25, 0.3) is 11.6 Å². The molecule has 0 aliphatic rings. The van der Waals surface area contributed by atoms with E-state index in [1.54, 1.807) is 0 Å². The summed E-state index contributed by atoms with van der Waals surface area (Å²) >= 11 is 0. The molecule has 1 aromatic carbocycles. The van der Waals surface area contributed by atoms with Gasteiger partial charge in [0, 0.05) is 19.0 Å². The monoisotopic (exact) mass is 248 g/mol. The first-order valence-corrected chi connectivity index (χ1v) is 5.25. The van der Waals surface area contributed by atoms with Crippen molar-refractivity contribution in [3.05, 3.63) is 33.9 Å². The van der Waals surface area contributed by atoms with E-state index in [1.807, 2.05) is 0 Å². The summed E-state index contributed by atoms with van der Waals surface area (Å²) in [6, 6.07) is 3.31. The second kappa shape index (κ2) is 6.25. The minimum Gasteiger partial charge on any atom is -0.508 e. The highest BCUT2D eigenvalue weighted by Crippen LogP contribution is 2.22. The maximum absolute atomic E-state index is 11.7. The quantitative estimate of drug-likeness (QED) is 0.357. The third-order valence-corrected chi connectivity index (χ3v) is 2.20. The van der Waals surface area contributed by atoms with Crippen LogP contribution in [0.5, 0.6) is 5.75 Å². The van der Waals surface area contributed by atoms with Crippen LogP contribution in [0, 0.1) is 22.5 Å². The number of carbonyl (C=O) groups excluding carboxylic acids is 1. The number of amides is 1. The Hall–Kier alpha value is -2.55. The molecule has 1 amide bonds. The zero-order valence-corrected chi connectivity index (χ0v) is 9.55. The molecular weight excluding hydrogens is 236 g/mol. The Kier molecular flexibility index (Phi) is 4.69. The minimum atomic E-state index is -0.671. The molecule has 0 spiro atoms. The fraction of sp³-hybridized carbons (Fsp3) is 0.250. The van der Waals surface area contributed by atoms with Gasteiger partial charge in [-0.05, 0) is 18.6 Å². The number of rotatable bonds is 5. The number of nitrogens with zero attached hydrogens (tertiary/aromatic N) is 1. The molecule has 0 aromatic heterocycles. The normalized spacial score (nSPS) is 9.50. The molecule has 0 aliphatic carbocycles. The number of carbonyl (C=O) groups is 1. The molecule has 0 heterocycles. The number of benzene rings is 1. The van der Waals surface area contributed by atoms with E-state index in [-0.39, 0.29) is 17.0 Å². The van der Waals surface area contributed by atoms with Crippen molar-refractivity contribution in [1.82, 2.24) is 5.32 Å². The maximum atomic E-state index is 11.7. The number of hydrogen-bond acceptors (Lipinski definition) is 4. The van der Waals surface area contributed by atoms with Gasteiger partial charge < -0.3 is 10.4 Å². The first-order chi connectivity index (χ1) is 8.56. The van der Waals surface area contributed by atoms with E-state index in [4.69, 9.17) is 6.42 Å². The van der Waals surface area contributed by atoms with E-state index in [2.05, 4.69) is 11.2 Å². The lowest BCUT2D eigenvalue weighted by Crippen LogP contribution is -2.25. The van der Waals surface area contributed by atoms with Gasteiger partial charge in [0.05, 0.1) is 4.92 Å². The van der Waals surface area contributed by atoms with Gasteiger partial charge in [-0.3, -0.25) is 14.9 Å². The van der Waals surface area contributed by atoms with Crippen molar-refractivity contribution < 1.29 is 14.8 Å². The van der Waals surface area contributed by atoms with Crippen LogP contribution in [0.25, 0.3) is 0 Å². The molecular formula is C12H12N2O4. The van der Waals surface area contributed by atoms with Crippen molar-refractivity contribution in [2.75, 3.05) is 6.54 Å². The van der Waals surface area contributed by atoms with Gasteiger partial charge in [0.15, 0.2) is 0 Å². The second-order valence-corrected chi connectivity index (χ2v) is 3.52. The molecule has 2 N–H and O–H groups in total. The van der Waals surface area contributed by atoms with Crippen LogP contribution < -0.4 is 5.32 Å². The highest BCUT2D eigenvalue weighted by atomic mass is 16.6. The first-order valence-electron chi connectivity index (χ1n) is 5.25. The van der Waals surface area contributed by atoms with Crippen molar-refractivity contribution >= 4 is 11.6 Å². The molecule has 0 radical (unpaired) electrons. The molecule has 18 heavy (non-hydrogen) atoms. The summed E-state index contributed by atoms with van der Waals surface area (Å²) in [4.78, 5) is 21.8. The molecule has 1 rings (SSSR count). The molecule has 94 valence electrons. The lowest BCUT2D eigenvalue weighted by Gasteiger charge is -2.05. The molecule has 0 unspecified atom stereocenters. The summed E-state index contributed by atoms with van der Waals surface area (Å²) in [5, 5.41) is 22.5. The van der Waals surface area contributed by atoms with Crippen LogP contribution in [-0.2, 0) is 0 Å². The Balaban J connectivity index is 2.81. The maximum Gasteiger partial charge on any atom is 0.282 e. The molecule has 0 saturated heterocycles. The van der Waals surface area contributed by atoms with E-state index in [9.17, 15) is 20.0 Å². The summed E-state index contributed by atoms with van der Waals surface area (Å²) in [7, 11) is 0. The predicted octanol–water partition coefficient (Wildman–Crippen LogP) is 1.44. The number of phenols is 1. The Morgan fingerprint density at radius 2 is 2.28 bits per heavy atom. The van der Waals surface area contributed by atoms with Crippen molar-refractivity contribution in [3.8, 4) is 18.1 Å². The average Bonchev–Trinajstić information content (AvgIpc) is 2.34. The van der Waals surface area contributed by atoms with Gasteiger partial charge in [0.2, 0.25) is 0 Å². The molecule has 6 nitrogen and oxygen atoms in total. The second-order valence-electron chi connectivity index (χ2n) is 3.52. The van der Waals surface area contributed by atoms with Gasteiger partial charge in [-0.2, -0.15) is 0 Å². The molecule has 6 heteroatoms. The number of hydrogen-bond donors (Lipinski definition) is 2. The Bertz CT molecular complexity index is 505. The molecule has 0 fully saturated rings. The van der Waals surface area contributed by atoms with Crippen LogP contribution >= 0.6 is 0 Å². The van der Waals surface area contributed by atoms with Crippen LogP contribution in [0.15, 0.2) is 18.2 Å². The summed E-state index contributed by atoms with van der Waals surface area (Å²) < 4.78 is 0. The molecule has 1 aromatic rings. The molecule has 0 saturated carbocycles. The summed E-state index contributed by atoms with van der Waals surface area (Å²) in [5.74, 6) is 1.62. The number of nitro benzene ring substituents is 1. The van der Waals surface area contributed by atoms with Gasteiger partial charge >= 0.3 is 0 Å². The van der Waals surface area contributed by atoms with Gasteiger partial charge in [-0.25, -0.2) is 0 Å². The fourth-order valence-electron chi connectivity index (χ4n) is 1.35. The van der Waals surface area contributed by atoms with E-state index in [0.29, 0.717) is 19.4 Å². The van der Waals surface area contributed by atoms with Crippen LogP contribution in [-0.4, -0.2) is 22.5 Å². The topological polar surface area (TPSA) is 92.5 Å². The van der Waals surface area contributed by atoms with Crippen LogP contribution in [0.1, 0.15) is 23.2 Å². The van der Waals surface area contributed by atoms with Crippen molar-refractivity contribution in [2.45, 2.75) is 12.8 Å². The van der Waals surface area contributed by atoms with E-state index in [0.717, 1.165) is 18.2 Å². The van der Waals surface area contributed by atoms with Gasteiger partial charge in [0.1, 0.15) is 11.3 Å². The van der Waals surface area contributed by atoms with Crippen molar-refractivity contribution in [2.24, 2.45) is 0 Å². The van der Waals surface area contributed by atoms with Gasteiger partial charge in [-0.15, -0.1) is 12.3 Å². The highest BCUT2D eigenvalue weighted by Gasteiger charge is 2.20. The van der Waals surface area contributed by atoms with Crippen molar-refractivity contribution in [1.29, 1.82) is 0 Å². The zero-order chi connectivity index (χ0) is 13.5. The number of nitro groups is 1. The number of unbranched alkanes of at least 4 members (excludes halogenated alkanes) is 1. The minimum absolute atomic E-state index is 0.166. The Morgan fingerprint density at radius 3 is 2.89 bits per heavy atom. The standard InChI is InChI=1S/C12H12N2O4/c1-2-3-4-7-13-12(16)10-8-9(15)5-6-11(10)14(17)18/h1,5-6,8,15H,3-4,7H2,(H,13,16). The predicted molar refractivity (Wildman–Crippen MR) is 65.2 cm³/mol. The lowest BCUT2D eigenvalue weighted by molar-refractivity contribution is -0.385. The van der Waals surface area contributed by atoms with Crippen molar-refractivity contribution in [3.63, 3.8) is 0 Å². The van der Waals surface area contributed by atoms with E-state index >= 15 is 0 Å². The highest BCUT2D eigenvalue weighted by molar-refractivity contribution is 5.98. The van der Waals surface area contributed by atoms with Crippen LogP contribution in [0.4, 0.5) is 5.69 Å². The Labute approximate surface area is 104 Å². The van der Waals surface area contributed by atoms with Crippen LogP contribution in [0.3, 0.4) is 0 Å². The summed E-state index contributed by atoms with van der Waals surface area (Å²) in [6.45, 7) is 0.329. The average molecular weight is 248 g/mol. The summed E-state index contributed by atoms with van der Waals surface area (Å²) in [6.07, 6.45) is 6.16. The number of nitrogens with one attached hydrogen (secondary N) is 1. The third kappa shape index (κ3) is 3.49. The number of aromatic hydroxyl groups is 1. The van der Waals surface area contributed by atoms with E-state index < -0.39 is 10.8 Å². The number of phenolic OH excluding ortho intramolecular Hbond substituents is 1. The zero-order valence-electron chi connectivity index (χ0n) is 9.55. The fourth-order valence-corrected chi connectivity index (χ4v) is 1.35. The molecule has 0 aliphatic heterocycles. The largest absolute Gasteiger partial charge is 0.508 e. The first kappa shape index (κ1) is 13.5.